The van der Waals surface area contributed by atoms with Crippen LogP contribution in [0.3, 0.4) is 0 Å². The number of amides is 1. The monoisotopic (exact) mass is 446 g/mol. The average molecular weight is 447 g/mol. The lowest BCUT2D eigenvalue weighted by Crippen LogP contribution is -2.14. The Labute approximate surface area is 191 Å². The molecule has 0 aliphatic heterocycles. The van der Waals surface area contributed by atoms with Crippen molar-refractivity contribution in [3.05, 3.63) is 76.1 Å². The number of hydrogen-bond acceptors (Lipinski definition) is 4. The zero-order valence-electron chi connectivity index (χ0n) is 18.1. The molecule has 0 spiro atoms. The van der Waals surface area contributed by atoms with Crippen LogP contribution in [-0.4, -0.2) is 27.8 Å². The highest BCUT2D eigenvalue weighted by molar-refractivity contribution is 6.31. The van der Waals surface area contributed by atoms with Crippen molar-refractivity contribution < 1.29 is 9.53 Å². The highest BCUT2D eigenvalue weighted by Crippen LogP contribution is 2.41. The number of nitrogens with one attached hydrogen (secondary N) is 1. The summed E-state index contributed by atoms with van der Waals surface area (Å²) in [6.07, 6.45) is 2.17. The SMILES string of the molecule is COc1ccc(NC(=O)c2cc(C3CC3)nc3c2c(C)nn3-c2cccc(Cl)c2C)cc1. The van der Waals surface area contributed by atoms with Crippen molar-refractivity contribution >= 4 is 34.2 Å². The number of carbonyl (C=O) groups excluding carboxylic acids is 1. The van der Waals surface area contributed by atoms with Gasteiger partial charge in [0.1, 0.15) is 5.75 Å². The first-order chi connectivity index (χ1) is 15.5. The van der Waals surface area contributed by atoms with Gasteiger partial charge in [-0.05, 0) is 74.7 Å². The molecule has 0 bridgehead atoms. The molecule has 1 saturated carbocycles. The zero-order chi connectivity index (χ0) is 22.4. The smallest absolute Gasteiger partial charge is 0.256 e. The van der Waals surface area contributed by atoms with Gasteiger partial charge in [-0.25, -0.2) is 9.67 Å². The third kappa shape index (κ3) is 3.60. The number of ether oxygens (including phenoxy) is 1. The van der Waals surface area contributed by atoms with E-state index >= 15 is 0 Å². The molecule has 32 heavy (non-hydrogen) atoms. The molecule has 5 rings (SSSR count). The summed E-state index contributed by atoms with van der Waals surface area (Å²) in [5.41, 5.74) is 5.41. The van der Waals surface area contributed by atoms with Gasteiger partial charge < -0.3 is 10.1 Å². The molecular formula is C25H23ClN4O2. The topological polar surface area (TPSA) is 69.0 Å². The molecule has 1 aliphatic rings. The number of methoxy groups -OCH3 is 1. The highest BCUT2D eigenvalue weighted by Gasteiger charge is 2.29. The fourth-order valence-corrected chi connectivity index (χ4v) is 4.11. The van der Waals surface area contributed by atoms with Gasteiger partial charge in [0.2, 0.25) is 0 Å². The van der Waals surface area contributed by atoms with Gasteiger partial charge in [0.15, 0.2) is 5.65 Å². The van der Waals surface area contributed by atoms with E-state index in [9.17, 15) is 4.79 Å². The minimum absolute atomic E-state index is 0.185. The molecule has 1 aliphatic carbocycles. The summed E-state index contributed by atoms with van der Waals surface area (Å²) in [4.78, 5) is 18.3. The Morgan fingerprint density at radius 1 is 1.16 bits per heavy atom. The molecule has 2 aromatic heterocycles. The largest absolute Gasteiger partial charge is 0.497 e. The van der Waals surface area contributed by atoms with Crippen molar-refractivity contribution in [3.63, 3.8) is 0 Å². The number of carbonyl (C=O) groups is 1. The summed E-state index contributed by atoms with van der Waals surface area (Å²) in [5, 5.41) is 9.18. The van der Waals surface area contributed by atoms with Gasteiger partial charge in [0, 0.05) is 22.3 Å². The number of anilines is 1. The molecule has 2 heterocycles. The van der Waals surface area contributed by atoms with Crippen molar-refractivity contribution in [2.45, 2.75) is 32.6 Å². The van der Waals surface area contributed by atoms with E-state index in [1.54, 1.807) is 7.11 Å². The Morgan fingerprint density at radius 2 is 1.91 bits per heavy atom. The van der Waals surface area contributed by atoms with Crippen molar-refractivity contribution in [2.24, 2.45) is 0 Å². The Hall–Kier alpha value is -3.38. The molecule has 0 atom stereocenters. The number of fused-ring (bicyclic) bond motifs is 1. The maximum Gasteiger partial charge on any atom is 0.256 e. The van der Waals surface area contributed by atoms with Crippen LogP contribution in [0.1, 0.15) is 46.1 Å². The number of rotatable bonds is 5. The molecule has 0 saturated heterocycles. The zero-order valence-corrected chi connectivity index (χ0v) is 18.9. The van der Waals surface area contributed by atoms with E-state index in [4.69, 9.17) is 26.4 Å². The summed E-state index contributed by atoms with van der Waals surface area (Å²) >= 11 is 6.37. The molecule has 0 radical (unpaired) electrons. The summed E-state index contributed by atoms with van der Waals surface area (Å²) in [5.74, 6) is 0.935. The van der Waals surface area contributed by atoms with Gasteiger partial charge in [-0.15, -0.1) is 0 Å². The lowest BCUT2D eigenvalue weighted by molar-refractivity contribution is 0.102. The lowest BCUT2D eigenvalue weighted by atomic mass is 10.1. The predicted molar refractivity (Wildman–Crippen MR) is 126 cm³/mol. The molecule has 162 valence electrons. The first-order valence-corrected chi connectivity index (χ1v) is 10.9. The number of pyridine rings is 1. The van der Waals surface area contributed by atoms with Gasteiger partial charge in [0.25, 0.3) is 5.91 Å². The predicted octanol–water partition coefficient (Wildman–Crippen LogP) is 5.83. The third-order valence-electron chi connectivity index (χ3n) is 5.89. The summed E-state index contributed by atoms with van der Waals surface area (Å²) < 4.78 is 7.01. The molecular weight excluding hydrogens is 424 g/mol. The maximum absolute atomic E-state index is 13.4. The van der Waals surface area contributed by atoms with Crippen molar-refractivity contribution in [3.8, 4) is 11.4 Å². The molecule has 4 aromatic rings. The van der Waals surface area contributed by atoms with Crippen LogP contribution in [0.4, 0.5) is 5.69 Å². The van der Waals surface area contributed by atoms with E-state index < -0.39 is 0 Å². The van der Waals surface area contributed by atoms with E-state index in [0.717, 1.165) is 46.6 Å². The fraction of sp³-hybridized carbons (Fsp3) is 0.240. The van der Waals surface area contributed by atoms with Crippen LogP contribution in [0.5, 0.6) is 5.75 Å². The van der Waals surface area contributed by atoms with E-state index in [1.807, 2.05) is 67.1 Å². The summed E-state index contributed by atoms with van der Waals surface area (Å²) in [7, 11) is 1.61. The number of aromatic nitrogens is 3. The molecule has 6 nitrogen and oxygen atoms in total. The number of nitrogens with zero attached hydrogens (tertiary/aromatic N) is 3. The van der Waals surface area contributed by atoms with Gasteiger partial charge in [-0.2, -0.15) is 5.10 Å². The van der Waals surface area contributed by atoms with E-state index in [1.165, 1.54) is 0 Å². The molecule has 2 aromatic carbocycles. The van der Waals surface area contributed by atoms with Crippen LogP contribution in [0.15, 0.2) is 48.5 Å². The summed E-state index contributed by atoms with van der Waals surface area (Å²) in [6.45, 7) is 3.86. The van der Waals surface area contributed by atoms with Gasteiger partial charge in [-0.3, -0.25) is 4.79 Å². The van der Waals surface area contributed by atoms with Crippen LogP contribution in [0.2, 0.25) is 5.02 Å². The van der Waals surface area contributed by atoms with Crippen LogP contribution in [0.25, 0.3) is 16.7 Å². The molecule has 1 amide bonds. The number of benzene rings is 2. The average Bonchev–Trinajstić information content (AvgIpc) is 3.60. The van der Waals surface area contributed by atoms with E-state index in [0.29, 0.717) is 27.8 Å². The minimum atomic E-state index is -0.185. The van der Waals surface area contributed by atoms with Crippen molar-refractivity contribution in [1.82, 2.24) is 14.8 Å². The van der Waals surface area contributed by atoms with Gasteiger partial charge >= 0.3 is 0 Å². The fourth-order valence-electron chi connectivity index (χ4n) is 3.94. The Bertz CT molecular complexity index is 1340. The quantitative estimate of drug-likeness (QED) is 0.418. The highest BCUT2D eigenvalue weighted by atomic mass is 35.5. The molecule has 1 N–H and O–H groups in total. The molecule has 1 fully saturated rings. The third-order valence-corrected chi connectivity index (χ3v) is 6.30. The van der Waals surface area contributed by atoms with Crippen molar-refractivity contribution in [1.29, 1.82) is 0 Å². The van der Waals surface area contributed by atoms with Crippen LogP contribution in [0, 0.1) is 13.8 Å². The number of hydrogen-bond donors (Lipinski definition) is 1. The Balaban J connectivity index is 1.64. The maximum atomic E-state index is 13.4. The standard InChI is InChI=1S/C25H23ClN4O2/c1-14-20(26)5-4-6-22(14)30-24-23(15(2)29-30)19(13-21(28-24)16-7-8-16)25(31)27-17-9-11-18(32-3)12-10-17/h4-6,9-13,16H,7-8H2,1-3H3,(H,27,31). The second-order valence-electron chi connectivity index (χ2n) is 8.13. The van der Waals surface area contributed by atoms with E-state index in [2.05, 4.69) is 5.32 Å². The first kappa shape index (κ1) is 20.5. The van der Waals surface area contributed by atoms with Crippen LogP contribution in [-0.2, 0) is 0 Å². The van der Waals surface area contributed by atoms with Crippen LogP contribution >= 0.6 is 11.6 Å². The molecule has 7 heteroatoms. The van der Waals surface area contributed by atoms with Gasteiger partial charge in [0.05, 0.1) is 29.4 Å². The van der Waals surface area contributed by atoms with Crippen LogP contribution < -0.4 is 10.1 Å². The molecule has 0 unspecified atom stereocenters. The first-order valence-electron chi connectivity index (χ1n) is 10.6. The lowest BCUT2D eigenvalue weighted by Gasteiger charge is -2.11. The second kappa shape index (κ2) is 7.95. The van der Waals surface area contributed by atoms with Crippen molar-refractivity contribution in [2.75, 3.05) is 12.4 Å². The number of halogens is 1. The Morgan fingerprint density at radius 3 is 2.59 bits per heavy atom. The normalized spacial score (nSPS) is 13.4. The van der Waals surface area contributed by atoms with E-state index in [-0.39, 0.29) is 5.91 Å². The number of aryl methyl sites for hydroxylation is 1. The Kier molecular flexibility index (Phi) is 5.10. The second-order valence-corrected chi connectivity index (χ2v) is 8.54. The summed E-state index contributed by atoms with van der Waals surface area (Å²) in [6, 6.07) is 14.9. The minimum Gasteiger partial charge on any atom is -0.497 e. The van der Waals surface area contributed by atoms with Gasteiger partial charge in [-0.1, -0.05) is 17.7 Å².